The van der Waals surface area contributed by atoms with Gasteiger partial charge >= 0.3 is 0 Å². The first-order chi connectivity index (χ1) is 22.5. The standard InChI is InChI=1S/C15H10F2N2O3S.C8H6BrNOS.C7H5F2NO2/c16-9-3-4-10(13(17)12(9)14(18)20)21-6-8-7-22-15(19-8)11-2-1-5-23-11;9-4-6-5-11-8(10-6)7-2-1-3-12-7;8-3-1-2-4(11)6(9)5(3)7(10)12/h1-5,7H,6H2,(H2,18,20);1-3,5H,4H2;1-2,11H,(H2,10,12). The minimum Gasteiger partial charge on any atom is -0.505 e. The van der Waals surface area contributed by atoms with Crippen molar-refractivity contribution in [3.63, 3.8) is 0 Å². The van der Waals surface area contributed by atoms with Crippen molar-refractivity contribution < 1.29 is 45.8 Å². The molecule has 4 heterocycles. The molecular formula is C30H21BrF4N4O6S2. The Balaban J connectivity index is 0.000000176. The number of amides is 2. The van der Waals surface area contributed by atoms with E-state index < -0.39 is 52.0 Å². The number of thiophene rings is 2. The van der Waals surface area contributed by atoms with E-state index in [1.54, 1.807) is 17.6 Å². The number of primary amides is 2. The lowest BCUT2D eigenvalue weighted by Crippen LogP contribution is -2.16. The van der Waals surface area contributed by atoms with Crippen LogP contribution >= 0.6 is 38.6 Å². The lowest BCUT2D eigenvalue weighted by atomic mass is 10.1. The molecule has 0 aliphatic rings. The second-order valence-electron chi connectivity index (χ2n) is 8.88. The van der Waals surface area contributed by atoms with Crippen LogP contribution in [0, 0.1) is 23.3 Å². The highest BCUT2D eigenvalue weighted by atomic mass is 79.9. The zero-order valence-electron chi connectivity index (χ0n) is 23.6. The number of oxazole rings is 2. The predicted octanol–water partition coefficient (Wildman–Crippen LogP) is 7.43. The Morgan fingerprint density at radius 2 is 1.30 bits per heavy atom. The highest BCUT2D eigenvalue weighted by molar-refractivity contribution is 9.08. The molecule has 0 aliphatic heterocycles. The molecule has 0 bridgehead atoms. The molecule has 17 heteroatoms. The van der Waals surface area contributed by atoms with Crippen LogP contribution < -0.4 is 16.2 Å². The van der Waals surface area contributed by atoms with Gasteiger partial charge < -0.3 is 30.1 Å². The van der Waals surface area contributed by atoms with E-state index in [2.05, 4.69) is 31.6 Å². The van der Waals surface area contributed by atoms with Crippen LogP contribution in [0.1, 0.15) is 32.1 Å². The summed E-state index contributed by atoms with van der Waals surface area (Å²) in [6, 6.07) is 11.2. The van der Waals surface area contributed by atoms with Gasteiger partial charge in [0.15, 0.2) is 23.1 Å². The van der Waals surface area contributed by atoms with E-state index in [0.29, 0.717) is 17.5 Å². The number of halogens is 5. The Morgan fingerprint density at radius 3 is 1.77 bits per heavy atom. The molecule has 0 aliphatic carbocycles. The molecular weight excluding hydrogens is 732 g/mol. The van der Waals surface area contributed by atoms with Crippen LogP contribution in [0.3, 0.4) is 0 Å². The molecule has 4 aromatic heterocycles. The number of hydrogen-bond donors (Lipinski definition) is 3. The van der Waals surface area contributed by atoms with Crippen molar-refractivity contribution in [3.8, 4) is 33.0 Å². The second-order valence-corrected chi connectivity index (χ2v) is 11.3. The number of nitrogens with zero attached hydrogens (tertiary/aromatic N) is 2. The van der Waals surface area contributed by atoms with Gasteiger partial charge in [0.25, 0.3) is 11.8 Å². The zero-order valence-corrected chi connectivity index (χ0v) is 26.8. The number of hydrogen-bond acceptors (Lipinski definition) is 10. The number of aromatic hydroxyl groups is 1. The maximum absolute atomic E-state index is 14.0. The van der Waals surface area contributed by atoms with Gasteiger partial charge in [0.2, 0.25) is 11.8 Å². The first kappa shape index (κ1) is 34.9. The number of nitrogens with two attached hydrogens (primary N) is 2. The minimum absolute atomic E-state index is 0.102. The third-order valence-corrected chi connectivity index (χ3v) is 7.99. The quantitative estimate of drug-likeness (QED) is 0.107. The van der Waals surface area contributed by atoms with E-state index >= 15 is 0 Å². The third kappa shape index (κ3) is 8.84. The van der Waals surface area contributed by atoms with Crippen LogP contribution in [0.2, 0.25) is 0 Å². The van der Waals surface area contributed by atoms with Crippen molar-refractivity contribution in [3.05, 3.63) is 118 Å². The number of phenols is 1. The lowest BCUT2D eigenvalue weighted by Gasteiger charge is -2.08. The van der Waals surface area contributed by atoms with Gasteiger partial charge in [-0.25, -0.2) is 27.5 Å². The van der Waals surface area contributed by atoms with E-state index in [9.17, 15) is 27.2 Å². The Kier molecular flexibility index (Phi) is 11.9. The van der Waals surface area contributed by atoms with Crippen LogP contribution in [0.5, 0.6) is 11.5 Å². The van der Waals surface area contributed by atoms with E-state index in [1.807, 2.05) is 35.0 Å². The van der Waals surface area contributed by atoms with Gasteiger partial charge in [0, 0.05) is 5.33 Å². The molecule has 47 heavy (non-hydrogen) atoms. The SMILES string of the molecule is BrCc1coc(-c2cccs2)n1.NC(=O)c1c(F)ccc(O)c1F.NC(=O)c1c(F)ccc(OCc2coc(-c3cccs3)n2)c1F. The molecule has 0 fully saturated rings. The summed E-state index contributed by atoms with van der Waals surface area (Å²) < 4.78 is 68.5. The average molecular weight is 754 g/mol. The van der Waals surface area contributed by atoms with Gasteiger partial charge in [-0.1, -0.05) is 28.1 Å². The van der Waals surface area contributed by atoms with Crippen molar-refractivity contribution in [1.82, 2.24) is 9.97 Å². The van der Waals surface area contributed by atoms with E-state index in [1.165, 1.54) is 17.6 Å². The predicted molar refractivity (Wildman–Crippen MR) is 168 cm³/mol. The number of ether oxygens (including phenoxy) is 1. The van der Waals surface area contributed by atoms with Gasteiger partial charge in [-0.2, -0.15) is 0 Å². The molecule has 5 N–H and O–H groups in total. The number of alkyl halides is 1. The number of benzene rings is 2. The largest absolute Gasteiger partial charge is 0.505 e. The highest BCUT2D eigenvalue weighted by Gasteiger charge is 2.20. The van der Waals surface area contributed by atoms with E-state index in [4.69, 9.17) is 24.4 Å². The molecule has 2 aromatic carbocycles. The molecule has 0 saturated carbocycles. The summed E-state index contributed by atoms with van der Waals surface area (Å²) in [4.78, 5) is 31.9. The normalized spacial score (nSPS) is 10.4. The van der Waals surface area contributed by atoms with Crippen molar-refractivity contribution in [2.75, 3.05) is 0 Å². The molecule has 6 aromatic rings. The van der Waals surface area contributed by atoms with Crippen LogP contribution in [-0.4, -0.2) is 26.9 Å². The van der Waals surface area contributed by atoms with Gasteiger partial charge in [-0.15, -0.1) is 22.7 Å². The summed E-state index contributed by atoms with van der Waals surface area (Å²) >= 11 is 6.41. The van der Waals surface area contributed by atoms with Crippen molar-refractivity contribution in [2.45, 2.75) is 11.9 Å². The molecule has 0 radical (unpaired) electrons. The fraction of sp³-hybridized carbons (Fsp3) is 0.0667. The van der Waals surface area contributed by atoms with Crippen molar-refractivity contribution >= 4 is 50.4 Å². The summed E-state index contributed by atoms with van der Waals surface area (Å²) in [7, 11) is 0. The fourth-order valence-electron chi connectivity index (χ4n) is 3.56. The maximum Gasteiger partial charge on any atom is 0.254 e. The average Bonchev–Trinajstić information content (AvgIpc) is 3.86. The Morgan fingerprint density at radius 1 is 0.787 bits per heavy atom. The molecule has 0 atom stereocenters. The van der Waals surface area contributed by atoms with Crippen molar-refractivity contribution in [1.29, 1.82) is 0 Å². The third-order valence-electron chi connectivity index (χ3n) is 5.70. The minimum atomic E-state index is -1.33. The van der Waals surface area contributed by atoms with Crippen LogP contribution in [0.4, 0.5) is 17.6 Å². The smallest absolute Gasteiger partial charge is 0.254 e. The molecule has 0 unspecified atom stereocenters. The maximum atomic E-state index is 14.0. The molecule has 244 valence electrons. The molecule has 0 saturated heterocycles. The molecule has 2 amide bonds. The van der Waals surface area contributed by atoms with E-state index in [0.717, 1.165) is 45.0 Å². The summed E-state index contributed by atoms with van der Waals surface area (Å²) in [5.74, 6) is -7.00. The first-order valence-electron chi connectivity index (χ1n) is 12.9. The summed E-state index contributed by atoms with van der Waals surface area (Å²) in [6.07, 6.45) is 3.05. The Bertz CT molecular complexity index is 1970. The second kappa shape index (κ2) is 16.0. The summed E-state index contributed by atoms with van der Waals surface area (Å²) in [5, 5.41) is 13.4. The van der Waals surface area contributed by atoms with Crippen LogP contribution in [0.25, 0.3) is 21.5 Å². The number of rotatable bonds is 8. The molecule has 6 rings (SSSR count). The zero-order chi connectivity index (χ0) is 34.1. The van der Waals surface area contributed by atoms with Crippen LogP contribution in [0.15, 0.2) is 80.7 Å². The van der Waals surface area contributed by atoms with Gasteiger partial charge in [0.1, 0.15) is 47.6 Å². The lowest BCUT2D eigenvalue weighted by molar-refractivity contribution is 0.0982. The van der Waals surface area contributed by atoms with Crippen LogP contribution in [-0.2, 0) is 11.9 Å². The first-order valence-corrected chi connectivity index (χ1v) is 15.8. The fourth-order valence-corrected chi connectivity index (χ4v) is 5.13. The van der Waals surface area contributed by atoms with Gasteiger partial charge in [-0.05, 0) is 47.2 Å². The number of phenolic OH excluding ortho intramolecular Hbond substituents is 1. The number of aromatic nitrogens is 2. The number of carbonyl (C=O) groups excluding carboxylic acids is 2. The topological polar surface area (TPSA) is 168 Å². The summed E-state index contributed by atoms with van der Waals surface area (Å²) in [6.45, 7) is -0.102. The highest BCUT2D eigenvalue weighted by Crippen LogP contribution is 2.27. The van der Waals surface area contributed by atoms with Gasteiger partial charge in [-0.3, -0.25) is 9.59 Å². The van der Waals surface area contributed by atoms with E-state index in [-0.39, 0.29) is 12.4 Å². The molecule has 10 nitrogen and oxygen atoms in total. The number of carbonyl (C=O) groups is 2. The Hall–Kier alpha value is -5.00. The Labute approximate surface area is 279 Å². The van der Waals surface area contributed by atoms with Gasteiger partial charge in [0.05, 0.1) is 15.4 Å². The summed E-state index contributed by atoms with van der Waals surface area (Å²) in [5.41, 5.74) is 9.21. The monoisotopic (exact) mass is 752 g/mol. The van der Waals surface area contributed by atoms with Crippen molar-refractivity contribution in [2.24, 2.45) is 11.5 Å². The molecule has 0 spiro atoms.